The second kappa shape index (κ2) is 15.3. The molecule has 0 aliphatic heterocycles. The Hall–Kier alpha value is -4.31. The Bertz CT molecular complexity index is 1250. The number of para-hydroxylation sites is 1. The number of guanidine groups is 1. The lowest BCUT2D eigenvalue weighted by atomic mass is 10.0. The molecule has 1 heterocycles. The topological polar surface area (TPSA) is 268 Å². The van der Waals surface area contributed by atoms with Crippen LogP contribution in [0.5, 0.6) is 0 Å². The van der Waals surface area contributed by atoms with Crippen LogP contribution in [0.4, 0.5) is 0 Å². The van der Waals surface area contributed by atoms with E-state index in [1.807, 2.05) is 18.2 Å². The van der Waals surface area contributed by atoms with Gasteiger partial charge in [0.2, 0.25) is 17.7 Å². The molecule has 15 nitrogen and oxygen atoms in total. The maximum atomic E-state index is 13.3. The molecule has 40 heavy (non-hydrogen) atoms. The van der Waals surface area contributed by atoms with Crippen LogP contribution in [-0.2, 0) is 30.4 Å². The fourth-order valence-electron chi connectivity index (χ4n) is 3.78. The first-order valence-corrected chi connectivity index (χ1v) is 12.9. The van der Waals surface area contributed by atoms with E-state index in [0.717, 1.165) is 10.9 Å². The number of aromatic nitrogens is 1. The summed E-state index contributed by atoms with van der Waals surface area (Å²) in [5.74, 6) is -5.55. The lowest BCUT2D eigenvalue weighted by Crippen LogP contribution is -2.58. The SMILES string of the molecule is NC(N)=NCCCC(NC(=O)C(CC(=O)O)NC(=O)C(Cc1c[nH]c2ccccc12)NC(=O)C(N)CS)C(=O)O. The molecule has 16 heteroatoms. The average Bonchev–Trinajstić information content (AvgIpc) is 3.31. The van der Waals surface area contributed by atoms with E-state index in [4.69, 9.17) is 17.2 Å². The van der Waals surface area contributed by atoms with E-state index in [9.17, 15) is 34.2 Å². The summed E-state index contributed by atoms with van der Waals surface area (Å²) in [5, 5.41) is 26.7. The summed E-state index contributed by atoms with van der Waals surface area (Å²) in [6.07, 6.45) is 0.936. The van der Waals surface area contributed by atoms with Gasteiger partial charge in [-0.2, -0.15) is 12.6 Å². The van der Waals surface area contributed by atoms with Crippen molar-refractivity contribution in [1.82, 2.24) is 20.9 Å². The van der Waals surface area contributed by atoms with E-state index >= 15 is 0 Å². The number of carboxylic acids is 2. The number of hydrogen-bond donors (Lipinski definition) is 10. The summed E-state index contributed by atoms with van der Waals surface area (Å²) in [4.78, 5) is 68.7. The minimum absolute atomic E-state index is 0.00291. The zero-order valence-electron chi connectivity index (χ0n) is 21.5. The molecule has 4 unspecified atom stereocenters. The highest BCUT2D eigenvalue weighted by atomic mass is 32.1. The van der Waals surface area contributed by atoms with Crippen LogP contribution in [0.2, 0.25) is 0 Å². The Morgan fingerprint density at radius 1 is 0.950 bits per heavy atom. The van der Waals surface area contributed by atoms with E-state index < -0.39 is 60.2 Å². The van der Waals surface area contributed by atoms with Gasteiger partial charge in [0.25, 0.3) is 0 Å². The van der Waals surface area contributed by atoms with Gasteiger partial charge in [-0.3, -0.25) is 24.2 Å². The van der Waals surface area contributed by atoms with E-state index in [-0.39, 0.29) is 37.5 Å². The maximum Gasteiger partial charge on any atom is 0.326 e. The maximum absolute atomic E-state index is 13.3. The van der Waals surface area contributed by atoms with Gasteiger partial charge in [0, 0.05) is 35.8 Å². The molecular formula is C24H34N8O7S. The third-order valence-corrected chi connectivity index (χ3v) is 6.23. The molecule has 0 radical (unpaired) electrons. The summed E-state index contributed by atoms with van der Waals surface area (Å²) in [7, 11) is 0. The van der Waals surface area contributed by atoms with Crippen LogP contribution in [0.25, 0.3) is 10.9 Å². The Labute approximate surface area is 234 Å². The summed E-state index contributed by atoms with van der Waals surface area (Å²) < 4.78 is 0. The minimum atomic E-state index is -1.65. The van der Waals surface area contributed by atoms with Gasteiger partial charge in [0.1, 0.15) is 18.1 Å². The van der Waals surface area contributed by atoms with Crippen molar-refractivity contribution < 1.29 is 34.2 Å². The second-order valence-corrected chi connectivity index (χ2v) is 9.29. The minimum Gasteiger partial charge on any atom is -0.481 e. The molecule has 2 aromatic rings. The highest BCUT2D eigenvalue weighted by molar-refractivity contribution is 7.80. The van der Waals surface area contributed by atoms with Crippen LogP contribution in [0.3, 0.4) is 0 Å². The molecule has 12 N–H and O–H groups in total. The fourth-order valence-corrected chi connectivity index (χ4v) is 3.95. The Morgan fingerprint density at radius 3 is 2.20 bits per heavy atom. The first kappa shape index (κ1) is 31.9. The van der Waals surface area contributed by atoms with Crippen molar-refractivity contribution in [3.05, 3.63) is 36.0 Å². The van der Waals surface area contributed by atoms with Crippen molar-refractivity contribution in [2.24, 2.45) is 22.2 Å². The van der Waals surface area contributed by atoms with Gasteiger partial charge in [-0.25, -0.2) is 4.79 Å². The number of aliphatic imine (C=N–C) groups is 1. The molecule has 0 spiro atoms. The smallest absolute Gasteiger partial charge is 0.326 e. The predicted molar refractivity (Wildman–Crippen MR) is 149 cm³/mol. The molecule has 1 aromatic heterocycles. The lowest BCUT2D eigenvalue weighted by molar-refractivity contribution is -0.143. The number of nitrogens with two attached hydrogens (primary N) is 3. The molecule has 0 saturated heterocycles. The molecule has 0 bridgehead atoms. The molecular weight excluding hydrogens is 544 g/mol. The van der Waals surface area contributed by atoms with Crippen molar-refractivity contribution in [3.8, 4) is 0 Å². The van der Waals surface area contributed by atoms with Gasteiger partial charge >= 0.3 is 11.9 Å². The van der Waals surface area contributed by atoms with E-state index in [1.165, 1.54) is 0 Å². The quantitative estimate of drug-likeness (QED) is 0.0454. The van der Waals surface area contributed by atoms with Gasteiger partial charge in [0.05, 0.1) is 12.5 Å². The third kappa shape index (κ3) is 9.77. The lowest BCUT2D eigenvalue weighted by Gasteiger charge is -2.24. The molecule has 1 aromatic carbocycles. The normalized spacial score (nSPS) is 13.8. The van der Waals surface area contributed by atoms with E-state index in [0.29, 0.717) is 5.56 Å². The Balaban J connectivity index is 2.24. The number of amides is 3. The number of carbonyl (C=O) groups is 5. The standard InChI is InChI=1S/C24H34N8O7S/c25-14(11-40)20(35)31-17(8-12-10-29-15-5-2-1-4-13(12)15)21(36)32-18(9-19(33)34)22(37)30-16(23(38)39)6-3-7-28-24(26)27/h1-2,4-5,10,14,16-18,29,40H,3,6-9,11,25H2,(H,30,37)(H,31,35)(H,32,36)(H,33,34)(H,38,39)(H4,26,27,28). The number of carboxylic acid groups (broad SMARTS) is 2. The summed E-state index contributed by atoms with van der Waals surface area (Å²) in [5.41, 5.74) is 17.7. The number of aromatic amines is 1. The van der Waals surface area contributed by atoms with Crippen molar-refractivity contribution in [2.45, 2.75) is 49.9 Å². The molecule has 0 aliphatic rings. The van der Waals surface area contributed by atoms with Gasteiger partial charge in [-0.1, -0.05) is 18.2 Å². The predicted octanol–water partition coefficient (Wildman–Crippen LogP) is -1.97. The number of hydrogen-bond acceptors (Lipinski definition) is 8. The number of nitrogens with one attached hydrogen (secondary N) is 4. The van der Waals surface area contributed by atoms with Crippen molar-refractivity contribution >= 4 is 59.2 Å². The van der Waals surface area contributed by atoms with Crippen LogP contribution in [0, 0.1) is 0 Å². The largest absolute Gasteiger partial charge is 0.481 e. The van der Waals surface area contributed by atoms with Gasteiger partial charge in [0.15, 0.2) is 5.96 Å². The van der Waals surface area contributed by atoms with Gasteiger partial charge in [-0.05, 0) is 24.5 Å². The summed E-state index contributed by atoms with van der Waals surface area (Å²) in [6.45, 7) is 0.112. The molecule has 4 atom stereocenters. The molecule has 2 rings (SSSR count). The average molecular weight is 579 g/mol. The number of thiol groups is 1. The van der Waals surface area contributed by atoms with Crippen molar-refractivity contribution in [2.75, 3.05) is 12.3 Å². The number of rotatable bonds is 16. The molecule has 0 fully saturated rings. The van der Waals surface area contributed by atoms with Crippen LogP contribution < -0.4 is 33.2 Å². The van der Waals surface area contributed by atoms with Gasteiger partial charge in [-0.15, -0.1) is 0 Å². The van der Waals surface area contributed by atoms with Crippen LogP contribution in [-0.4, -0.2) is 87.3 Å². The molecule has 3 amide bonds. The summed E-state index contributed by atoms with van der Waals surface area (Å²) >= 11 is 4.00. The van der Waals surface area contributed by atoms with Crippen molar-refractivity contribution in [1.29, 1.82) is 0 Å². The van der Waals surface area contributed by atoms with Crippen LogP contribution in [0.15, 0.2) is 35.5 Å². The number of aliphatic carboxylic acids is 2. The van der Waals surface area contributed by atoms with E-state index in [1.54, 1.807) is 12.3 Å². The van der Waals surface area contributed by atoms with E-state index in [2.05, 4.69) is 38.6 Å². The highest BCUT2D eigenvalue weighted by Gasteiger charge is 2.32. The van der Waals surface area contributed by atoms with Gasteiger partial charge < -0.3 is 48.3 Å². The monoisotopic (exact) mass is 578 g/mol. The summed E-state index contributed by atoms with van der Waals surface area (Å²) in [6, 6.07) is 1.93. The molecule has 0 saturated carbocycles. The number of carbonyl (C=O) groups excluding carboxylic acids is 3. The zero-order valence-corrected chi connectivity index (χ0v) is 22.4. The number of nitrogens with zero attached hydrogens (tertiary/aromatic N) is 1. The Morgan fingerprint density at radius 2 is 1.57 bits per heavy atom. The third-order valence-electron chi connectivity index (χ3n) is 5.84. The number of fused-ring (bicyclic) bond motifs is 1. The molecule has 0 aliphatic carbocycles. The molecule has 218 valence electrons. The van der Waals surface area contributed by atoms with Crippen molar-refractivity contribution in [3.63, 3.8) is 0 Å². The first-order chi connectivity index (χ1) is 18.9. The fraction of sp³-hybridized carbons (Fsp3) is 0.417. The second-order valence-electron chi connectivity index (χ2n) is 8.92. The Kier molecular flexibility index (Phi) is 12.2. The van der Waals surface area contributed by atoms with Crippen LogP contribution >= 0.6 is 12.6 Å². The first-order valence-electron chi connectivity index (χ1n) is 12.3. The number of benzene rings is 1. The number of H-pyrrole nitrogens is 1. The highest BCUT2D eigenvalue weighted by Crippen LogP contribution is 2.19. The van der Waals surface area contributed by atoms with Crippen LogP contribution in [0.1, 0.15) is 24.8 Å². The zero-order chi connectivity index (χ0) is 29.8.